The van der Waals surface area contributed by atoms with Gasteiger partial charge in [0.25, 0.3) is 6.47 Å². The number of aromatic nitrogens is 2. The number of nitrogens with zero attached hydrogens (tertiary/aromatic N) is 2. The van der Waals surface area contributed by atoms with Crippen LogP contribution in [0.2, 0.25) is 0 Å². The zero-order chi connectivity index (χ0) is 30.6. The van der Waals surface area contributed by atoms with Crippen LogP contribution in [0.3, 0.4) is 0 Å². The van der Waals surface area contributed by atoms with Crippen molar-refractivity contribution in [1.29, 1.82) is 0 Å². The average Bonchev–Trinajstić information content (AvgIpc) is 3.48. The second-order valence-electron chi connectivity index (χ2n) is 12.2. The van der Waals surface area contributed by atoms with Crippen molar-refractivity contribution in [1.82, 2.24) is 9.97 Å². The number of hydrogen-bond acceptors (Lipinski definition) is 5. The molecule has 0 saturated carbocycles. The van der Waals surface area contributed by atoms with Gasteiger partial charge in [0.15, 0.2) is 0 Å². The Morgan fingerprint density at radius 1 is 0.667 bits per heavy atom. The van der Waals surface area contributed by atoms with Crippen LogP contribution in [0, 0.1) is 0 Å². The molecule has 0 spiro atoms. The zero-order valence-electron chi connectivity index (χ0n) is 24.6. The Bertz CT molecular complexity index is 2160. The molecule has 4 aromatic carbocycles. The van der Waals surface area contributed by atoms with Crippen LogP contribution in [0.25, 0.3) is 44.3 Å². The number of pyridine rings is 2. The monoisotopic (exact) mass is 590 g/mol. The third-order valence-corrected chi connectivity index (χ3v) is 9.96. The van der Waals surface area contributed by atoms with E-state index < -0.39 is 16.8 Å². The number of carbonyl (C=O) groups is 2. The molecule has 0 fully saturated rings. The van der Waals surface area contributed by atoms with Gasteiger partial charge in [-0.15, -0.1) is 0 Å². The molecule has 220 valence electrons. The predicted molar refractivity (Wildman–Crippen MR) is 174 cm³/mol. The van der Waals surface area contributed by atoms with Crippen molar-refractivity contribution in [3.05, 3.63) is 131 Å². The molecule has 2 heterocycles. The Hall–Kier alpha value is -5.36. The van der Waals surface area contributed by atoms with Gasteiger partial charge in [-0.25, -0.2) is 9.97 Å². The fourth-order valence-electron chi connectivity index (χ4n) is 8.09. The van der Waals surface area contributed by atoms with Crippen LogP contribution in [0.15, 0.2) is 109 Å². The van der Waals surface area contributed by atoms with Crippen LogP contribution >= 0.6 is 0 Å². The lowest BCUT2D eigenvalue weighted by Gasteiger charge is -2.42. The first-order chi connectivity index (χ1) is 22.0. The molecule has 2 unspecified atom stereocenters. The molecule has 0 amide bonds. The summed E-state index contributed by atoms with van der Waals surface area (Å²) in [7, 11) is 0. The third kappa shape index (κ3) is 4.09. The van der Waals surface area contributed by atoms with Gasteiger partial charge in [0.1, 0.15) is 0 Å². The topological polar surface area (TPSA) is 89.4 Å². The molecule has 2 aliphatic rings. The SMILES string of the molecule is O=COCCC1(CC2(CCC(=O)O)c3ccccc3-c3nc4ccccc4cc32)c2ccccc2-c2nc3ccccc3cc21. The number of rotatable bonds is 9. The van der Waals surface area contributed by atoms with Crippen molar-refractivity contribution in [2.75, 3.05) is 6.61 Å². The van der Waals surface area contributed by atoms with E-state index >= 15 is 0 Å². The minimum absolute atomic E-state index is 0.00794. The van der Waals surface area contributed by atoms with Crippen molar-refractivity contribution in [3.63, 3.8) is 0 Å². The minimum atomic E-state index is -0.840. The van der Waals surface area contributed by atoms with E-state index in [1.54, 1.807) is 0 Å². The van der Waals surface area contributed by atoms with Crippen molar-refractivity contribution in [2.45, 2.75) is 36.5 Å². The summed E-state index contributed by atoms with van der Waals surface area (Å²) < 4.78 is 5.42. The molecule has 0 radical (unpaired) electrons. The Morgan fingerprint density at radius 3 is 1.69 bits per heavy atom. The Balaban J connectivity index is 1.44. The van der Waals surface area contributed by atoms with Crippen molar-refractivity contribution in [3.8, 4) is 22.5 Å². The molecular formula is C39H30N2O4. The molecule has 8 rings (SSSR count). The van der Waals surface area contributed by atoms with Gasteiger partial charge in [0.05, 0.1) is 29.0 Å². The summed E-state index contributed by atoms with van der Waals surface area (Å²) in [5.41, 5.74) is 8.72. The maximum absolute atomic E-state index is 12.3. The van der Waals surface area contributed by atoms with Crippen molar-refractivity contribution < 1.29 is 19.4 Å². The van der Waals surface area contributed by atoms with Gasteiger partial charge >= 0.3 is 5.97 Å². The summed E-state index contributed by atoms with van der Waals surface area (Å²) in [6.07, 6.45) is 1.46. The second kappa shape index (κ2) is 10.4. The Labute approximate surface area is 260 Å². The van der Waals surface area contributed by atoms with E-state index in [1.165, 1.54) is 0 Å². The highest BCUT2D eigenvalue weighted by Crippen LogP contribution is 2.61. The minimum Gasteiger partial charge on any atom is -0.481 e. The molecule has 2 aliphatic carbocycles. The number of hydrogen-bond donors (Lipinski definition) is 1. The summed E-state index contributed by atoms with van der Waals surface area (Å²) in [5.74, 6) is -0.840. The highest BCUT2D eigenvalue weighted by atomic mass is 16.5. The van der Waals surface area contributed by atoms with Crippen LogP contribution in [0.5, 0.6) is 0 Å². The molecule has 45 heavy (non-hydrogen) atoms. The van der Waals surface area contributed by atoms with E-state index in [0.717, 1.165) is 66.6 Å². The number of aliphatic carboxylic acids is 1. The van der Waals surface area contributed by atoms with Crippen LogP contribution in [-0.4, -0.2) is 34.1 Å². The number of carboxylic acids is 1. The van der Waals surface area contributed by atoms with Crippen LogP contribution < -0.4 is 0 Å². The first-order valence-electron chi connectivity index (χ1n) is 15.3. The average molecular weight is 591 g/mol. The summed E-state index contributed by atoms with van der Waals surface area (Å²) in [5, 5.41) is 12.2. The van der Waals surface area contributed by atoms with Crippen LogP contribution in [0.4, 0.5) is 0 Å². The standard InChI is InChI=1S/C39H30N2O4/c42-24-45-20-19-39(30-14-6-4-12-28(30)37-32(39)22-26-10-2-8-16-34(26)41-37)23-38(18-17-35(43)44)29-13-5-3-11-27(29)36-31(38)21-25-9-1-7-15-33(25)40-36/h1-16,21-22,24H,17-20,23H2,(H,43,44). The maximum Gasteiger partial charge on any atom is 0.303 e. The van der Waals surface area contributed by atoms with E-state index in [-0.39, 0.29) is 13.0 Å². The first-order valence-corrected chi connectivity index (χ1v) is 15.3. The zero-order valence-corrected chi connectivity index (χ0v) is 24.6. The fraction of sp³-hybridized carbons (Fsp3) is 0.179. The molecule has 6 nitrogen and oxygen atoms in total. The molecule has 0 saturated heterocycles. The molecule has 2 atom stereocenters. The van der Waals surface area contributed by atoms with Crippen molar-refractivity contribution >= 4 is 34.2 Å². The van der Waals surface area contributed by atoms with Crippen molar-refractivity contribution in [2.24, 2.45) is 0 Å². The lowest BCUT2D eigenvalue weighted by molar-refractivity contribution is -0.137. The van der Waals surface area contributed by atoms with Gasteiger partial charge in [-0.1, -0.05) is 84.9 Å². The second-order valence-corrected chi connectivity index (χ2v) is 12.2. The molecule has 6 heteroatoms. The number of ether oxygens (including phenoxy) is 1. The number of benzene rings is 4. The van der Waals surface area contributed by atoms with Gasteiger partial charge < -0.3 is 9.84 Å². The lowest BCUT2D eigenvalue weighted by atomic mass is 9.60. The molecule has 6 aromatic rings. The molecule has 2 aromatic heterocycles. The Kier molecular flexibility index (Phi) is 6.27. The van der Waals surface area contributed by atoms with Crippen LogP contribution in [-0.2, 0) is 25.2 Å². The quantitative estimate of drug-likeness (QED) is 0.136. The van der Waals surface area contributed by atoms with Gasteiger partial charge in [-0.3, -0.25) is 9.59 Å². The summed E-state index contributed by atoms with van der Waals surface area (Å²) in [4.78, 5) is 34.2. The lowest BCUT2D eigenvalue weighted by Crippen LogP contribution is -2.39. The van der Waals surface area contributed by atoms with E-state index in [2.05, 4.69) is 54.6 Å². The number of carboxylic acid groups (broad SMARTS) is 1. The van der Waals surface area contributed by atoms with Gasteiger partial charge in [-0.05, 0) is 65.8 Å². The fourth-order valence-corrected chi connectivity index (χ4v) is 8.09. The molecular weight excluding hydrogens is 560 g/mol. The molecule has 0 bridgehead atoms. The summed E-state index contributed by atoms with van der Waals surface area (Å²) >= 11 is 0. The molecule has 1 N–H and O–H groups in total. The highest BCUT2D eigenvalue weighted by Gasteiger charge is 2.53. The smallest absolute Gasteiger partial charge is 0.303 e. The van der Waals surface area contributed by atoms with Gasteiger partial charge in [-0.2, -0.15) is 0 Å². The summed E-state index contributed by atoms with van der Waals surface area (Å²) in [6, 6.07) is 37.3. The predicted octanol–water partition coefficient (Wildman–Crippen LogP) is 7.83. The van der Waals surface area contributed by atoms with E-state index in [1.807, 2.05) is 54.6 Å². The van der Waals surface area contributed by atoms with Gasteiger partial charge in [0.2, 0.25) is 0 Å². The van der Waals surface area contributed by atoms with Gasteiger partial charge in [0, 0.05) is 39.2 Å². The number of para-hydroxylation sites is 2. The van der Waals surface area contributed by atoms with E-state index in [4.69, 9.17) is 14.7 Å². The van der Waals surface area contributed by atoms with Crippen LogP contribution in [0.1, 0.15) is 47.9 Å². The maximum atomic E-state index is 12.3. The first kappa shape index (κ1) is 27.2. The highest BCUT2D eigenvalue weighted by molar-refractivity contribution is 5.91. The number of carbonyl (C=O) groups excluding carboxylic acids is 1. The molecule has 0 aliphatic heterocycles. The summed E-state index contributed by atoms with van der Waals surface area (Å²) in [6.45, 7) is 0.716. The largest absolute Gasteiger partial charge is 0.481 e. The van der Waals surface area contributed by atoms with E-state index in [0.29, 0.717) is 25.7 Å². The Morgan fingerprint density at radius 2 is 1.16 bits per heavy atom. The normalized spacial score (nSPS) is 19.1. The third-order valence-electron chi connectivity index (χ3n) is 9.96. The van der Waals surface area contributed by atoms with E-state index in [9.17, 15) is 14.7 Å². The number of fused-ring (bicyclic) bond motifs is 8.